The molecule has 1 aromatic rings. The van der Waals surface area contributed by atoms with Gasteiger partial charge in [0, 0.05) is 11.8 Å². The highest BCUT2D eigenvalue weighted by atomic mass is 32.1. The number of hydrogen-bond donors (Lipinski definition) is 1. The van der Waals surface area contributed by atoms with Gasteiger partial charge in [-0.15, -0.1) is 11.3 Å². The third-order valence-electron chi connectivity index (χ3n) is 2.29. The van der Waals surface area contributed by atoms with Crippen molar-refractivity contribution >= 4 is 34.9 Å². The van der Waals surface area contributed by atoms with Gasteiger partial charge in [-0.3, -0.25) is 9.59 Å². The number of thiophene rings is 1. The monoisotopic (exact) mass is 285 g/mol. The Morgan fingerprint density at radius 2 is 1.95 bits per heavy atom. The summed E-state index contributed by atoms with van der Waals surface area (Å²) in [5, 5.41) is 2.63. The lowest BCUT2D eigenvalue weighted by atomic mass is 10.2. The zero-order valence-corrected chi connectivity index (χ0v) is 11.8. The second-order valence-electron chi connectivity index (χ2n) is 3.70. The van der Waals surface area contributed by atoms with Crippen LogP contribution in [0, 0.1) is 0 Å². The summed E-state index contributed by atoms with van der Waals surface area (Å²) in [4.78, 5) is 34.8. The Bertz CT molecular complexity index is 494. The van der Waals surface area contributed by atoms with Crippen LogP contribution in [0.2, 0.25) is 0 Å². The molecule has 1 amide bonds. The zero-order chi connectivity index (χ0) is 14.4. The molecule has 19 heavy (non-hydrogen) atoms. The van der Waals surface area contributed by atoms with Gasteiger partial charge in [0.2, 0.25) is 5.91 Å². The van der Waals surface area contributed by atoms with Crippen molar-refractivity contribution in [3.05, 3.63) is 15.8 Å². The maximum atomic E-state index is 11.4. The van der Waals surface area contributed by atoms with E-state index in [1.807, 2.05) is 0 Å². The van der Waals surface area contributed by atoms with E-state index in [-0.39, 0.29) is 18.3 Å². The molecule has 0 fully saturated rings. The molecule has 0 bridgehead atoms. The van der Waals surface area contributed by atoms with E-state index in [1.165, 1.54) is 32.5 Å². The van der Waals surface area contributed by atoms with Crippen molar-refractivity contribution in [1.29, 1.82) is 0 Å². The summed E-state index contributed by atoms with van der Waals surface area (Å²) in [6.45, 7) is 1.37. The minimum absolute atomic E-state index is 0.185. The van der Waals surface area contributed by atoms with Crippen LogP contribution >= 0.6 is 11.3 Å². The molecule has 1 aromatic heterocycles. The van der Waals surface area contributed by atoms with Gasteiger partial charge in [0.15, 0.2) is 0 Å². The van der Waals surface area contributed by atoms with Crippen LogP contribution in [-0.2, 0) is 25.5 Å². The molecule has 0 aromatic carbocycles. The molecule has 0 aliphatic heterocycles. The maximum Gasteiger partial charge on any atom is 0.348 e. The average molecular weight is 285 g/mol. The Morgan fingerprint density at radius 3 is 2.47 bits per heavy atom. The Kier molecular flexibility index (Phi) is 5.50. The molecule has 0 radical (unpaired) electrons. The lowest BCUT2D eigenvalue weighted by molar-refractivity contribution is -0.140. The van der Waals surface area contributed by atoms with Gasteiger partial charge in [0.1, 0.15) is 4.88 Å². The molecule has 0 saturated carbocycles. The van der Waals surface area contributed by atoms with Crippen molar-refractivity contribution < 1.29 is 23.9 Å². The smallest absolute Gasteiger partial charge is 0.348 e. The van der Waals surface area contributed by atoms with E-state index in [0.29, 0.717) is 17.0 Å². The number of methoxy groups -OCH3 is 2. The van der Waals surface area contributed by atoms with Crippen LogP contribution in [0.25, 0.3) is 0 Å². The van der Waals surface area contributed by atoms with Gasteiger partial charge < -0.3 is 14.8 Å². The summed E-state index contributed by atoms with van der Waals surface area (Å²) in [6.07, 6.45) is 0.578. The van der Waals surface area contributed by atoms with Crippen molar-refractivity contribution in [3.8, 4) is 0 Å². The van der Waals surface area contributed by atoms with Crippen molar-refractivity contribution in [2.24, 2.45) is 0 Å². The fourth-order valence-corrected chi connectivity index (χ4v) is 2.46. The number of rotatable bonds is 5. The SMILES string of the molecule is COC(=O)CCc1sc(C(=O)OC)cc1NC(C)=O. The summed E-state index contributed by atoms with van der Waals surface area (Å²) < 4.78 is 9.18. The van der Waals surface area contributed by atoms with Crippen LogP contribution in [0.5, 0.6) is 0 Å². The van der Waals surface area contributed by atoms with E-state index in [0.717, 1.165) is 4.88 Å². The predicted molar refractivity (Wildman–Crippen MR) is 70.3 cm³/mol. The topological polar surface area (TPSA) is 81.7 Å². The number of ether oxygens (including phenoxy) is 2. The molecule has 104 valence electrons. The molecular formula is C12H15NO5S. The van der Waals surface area contributed by atoms with Gasteiger partial charge in [-0.1, -0.05) is 0 Å². The van der Waals surface area contributed by atoms with Gasteiger partial charge in [0.05, 0.1) is 26.3 Å². The highest BCUT2D eigenvalue weighted by molar-refractivity contribution is 7.14. The molecule has 6 nitrogen and oxygen atoms in total. The predicted octanol–water partition coefficient (Wildman–Crippen LogP) is 1.60. The first-order valence-electron chi connectivity index (χ1n) is 5.53. The zero-order valence-electron chi connectivity index (χ0n) is 10.9. The Labute approximate surface area is 114 Å². The second-order valence-corrected chi connectivity index (χ2v) is 4.83. The first kappa shape index (κ1) is 15.2. The molecule has 1 heterocycles. The van der Waals surface area contributed by atoms with Crippen molar-refractivity contribution in [1.82, 2.24) is 0 Å². The van der Waals surface area contributed by atoms with Gasteiger partial charge in [-0.05, 0) is 12.5 Å². The summed E-state index contributed by atoms with van der Waals surface area (Å²) in [6, 6.07) is 1.55. The third-order valence-corrected chi connectivity index (χ3v) is 3.47. The number of aryl methyl sites for hydroxylation is 1. The Balaban J connectivity index is 2.91. The highest BCUT2D eigenvalue weighted by Crippen LogP contribution is 2.29. The maximum absolute atomic E-state index is 11.4. The molecule has 0 unspecified atom stereocenters. The molecule has 1 N–H and O–H groups in total. The van der Waals surface area contributed by atoms with Crippen LogP contribution in [0.1, 0.15) is 27.9 Å². The number of esters is 2. The summed E-state index contributed by atoms with van der Waals surface area (Å²) in [5.74, 6) is -1.06. The van der Waals surface area contributed by atoms with E-state index >= 15 is 0 Å². The van der Waals surface area contributed by atoms with Crippen LogP contribution < -0.4 is 5.32 Å². The molecule has 0 atom stereocenters. The number of hydrogen-bond acceptors (Lipinski definition) is 6. The molecule has 0 spiro atoms. The lowest BCUT2D eigenvalue weighted by Gasteiger charge is -2.03. The molecule has 1 rings (SSSR count). The first-order valence-corrected chi connectivity index (χ1v) is 6.35. The summed E-state index contributed by atoms with van der Waals surface area (Å²) >= 11 is 1.19. The number of amides is 1. The van der Waals surface area contributed by atoms with Crippen LogP contribution in [-0.4, -0.2) is 32.1 Å². The third kappa shape index (κ3) is 4.36. The number of carbonyl (C=O) groups excluding carboxylic acids is 3. The van der Waals surface area contributed by atoms with E-state index in [2.05, 4.69) is 14.8 Å². The minimum Gasteiger partial charge on any atom is -0.469 e. The van der Waals surface area contributed by atoms with Gasteiger partial charge in [0.25, 0.3) is 0 Å². The molecule has 7 heteroatoms. The quantitative estimate of drug-likeness (QED) is 0.831. The van der Waals surface area contributed by atoms with Crippen molar-refractivity contribution in [2.45, 2.75) is 19.8 Å². The van der Waals surface area contributed by atoms with E-state index in [4.69, 9.17) is 0 Å². The minimum atomic E-state index is -0.471. The largest absolute Gasteiger partial charge is 0.469 e. The fraction of sp³-hybridized carbons (Fsp3) is 0.417. The van der Waals surface area contributed by atoms with E-state index in [9.17, 15) is 14.4 Å². The normalized spacial score (nSPS) is 9.84. The van der Waals surface area contributed by atoms with Crippen LogP contribution in [0.4, 0.5) is 5.69 Å². The van der Waals surface area contributed by atoms with Crippen LogP contribution in [0.3, 0.4) is 0 Å². The fourth-order valence-electron chi connectivity index (χ4n) is 1.43. The molecule has 0 aliphatic rings. The molecular weight excluding hydrogens is 270 g/mol. The Hall–Kier alpha value is -1.89. The molecule has 0 saturated heterocycles. The highest BCUT2D eigenvalue weighted by Gasteiger charge is 2.16. The first-order chi connectivity index (χ1) is 8.97. The lowest BCUT2D eigenvalue weighted by Crippen LogP contribution is -2.07. The van der Waals surface area contributed by atoms with Gasteiger partial charge in [-0.2, -0.15) is 0 Å². The van der Waals surface area contributed by atoms with Crippen molar-refractivity contribution in [3.63, 3.8) is 0 Å². The number of nitrogens with one attached hydrogen (secondary N) is 1. The Morgan fingerprint density at radius 1 is 1.26 bits per heavy atom. The van der Waals surface area contributed by atoms with E-state index in [1.54, 1.807) is 6.07 Å². The molecule has 0 aliphatic carbocycles. The van der Waals surface area contributed by atoms with Crippen molar-refractivity contribution in [2.75, 3.05) is 19.5 Å². The van der Waals surface area contributed by atoms with Gasteiger partial charge in [-0.25, -0.2) is 4.79 Å². The standard InChI is InChI=1S/C12H15NO5S/c1-7(14)13-8-6-10(12(16)18-3)19-9(8)4-5-11(15)17-2/h6H,4-5H2,1-3H3,(H,13,14). The van der Waals surface area contributed by atoms with E-state index < -0.39 is 5.97 Å². The summed E-state index contributed by atoms with van der Waals surface area (Å²) in [5.41, 5.74) is 0.529. The van der Waals surface area contributed by atoms with Gasteiger partial charge >= 0.3 is 11.9 Å². The average Bonchev–Trinajstić information content (AvgIpc) is 2.77. The second kappa shape index (κ2) is 6.89. The number of anilines is 1. The van der Waals surface area contributed by atoms with Crippen LogP contribution in [0.15, 0.2) is 6.07 Å². The summed E-state index contributed by atoms with van der Waals surface area (Å²) in [7, 11) is 2.60. The number of carbonyl (C=O) groups is 3.